The smallest absolute Gasteiger partial charge is 0.255 e. The van der Waals surface area contributed by atoms with E-state index in [1.54, 1.807) is 6.20 Å². The zero-order valence-corrected chi connectivity index (χ0v) is 17.2. The molecule has 1 saturated carbocycles. The van der Waals surface area contributed by atoms with Crippen LogP contribution in [0.1, 0.15) is 40.7 Å². The van der Waals surface area contributed by atoms with E-state index in [9.17, 15) is 4.79 Å². The van der Waals surface area contributed by atoms with E-state index in [2.05, 4.69) is 27.3 Å². The van der Waals surface area contributed by atoms with Gasteiger partial charge in [0.05, 0.1) is 5.69 Å². The summed E-state index contributed by atoms with van der Waals surface area (Å²) in [6, 6.07) is 20.6. The minimum absolute atomic E-state index is 0.0766. The van der Waals surface area contributed by atoms with E-state index in [1.807, 2.05) is 48.5 Å². The van der Waals surface area contributed by atoms with Crippen LogP contribution in [0, 0.1) is 0 Å². The summed E-state index contributed by atoms with van der Waals surface area (Å²) in [5, 5.41) is 3.08. The SMILES string of the molecule is O=C(Nc1ccc2c(c1)CCN(C1CCC1)CC2)c1ccc(-c2ccccn2)cc1. The number of anilines is 1. The number of aromatic nitrogens is 1. The van der Waals surface area contributed by atoms with E-state index in [0.29, 0.717) is 5.56 Å². The molecule has 1 aromatic heterocycles. The molecule has 5 rings (SSSR count). The first kappa shape index (κ1) is 19.0. The fourth-order valence-corrected chi connectivity index (χ4v) is 4.47. The van der Waals surface area contributed by atoms with Crippen LogP contribution in [0.4, 0.5) is 5.69 Å². The second-order valence-electron chi connectivity index (χ2n) is 8.35. The van der Waals surface area contributed by atoms with Crippen molar-refractivity contribution in [3.05, 3.63) is 83.6 Å². The van der Waals surface area contributed by atoms with Crippen molar-refractivity contribution in [2.45, 2.75) is 38.1 Å². The average molecular weight is 398 g/mol. The van der Waals surface area contributed by atoms with Gasteiger partial charge in [-0.1, -0.05) is 30.7 Å². The third kappa shape index (κ3) is 4.01. The highest BCUT2D eigenvalue weighted by Crippen LogP contribution is 2.28. The largest absolute Gasteiger partial charge is 0.322 e. The second kappa shape index (κ2) is 8.41. The molecular weight excluding hydrogens is 370 g/mol. The third-order valence-corrected chi connectivity index (χ3v) is 6.50. The van der Waals surface area contributed by atoms with Gasteiger partial charge in [-0.15, -0.1) is 0 Å². The monoisotopic (exact) mass is 397 g/mol. The van der Waals surface area contributed by atoms with Crippen molar-refractivity contribution >= 4 is 11.6 Å². The first-order valence-corrected chi connectivity index (χ1v) is 10.9. The van der Waals surface area contributed by atoms with E-state index >= 15 is 0 Å². The summed E-state index contributed by atoms with van der Waals surface area (Å²) < 4.78 is 0. The van der Waals surface area contributed by atoms with Gasteiger partial charge in [-0.05, 0) is 73.2 Å². The second-order valence-corrected chi connectivity index (χ2v) is 8.35. The van der Waals surface area contributed by atoms with E-state index in [1.165, 1.54) is 30.4 Å². The summed E-state index contributed by atoms with van der Waals surface area (Å²) in [5.41, 5.74) is 6.25. The molecular formula is C26H27N3O. The van der Waals surface area contributed by atoms with Crippen molar-refractivity contribution in [3.63, 3.8) is 0 Å². The number of carbonyl (C=O) groups excluding carboxylic acids is 1. The van der Waals surface area contributed by atoms with Gasteiger partial charge in [-0.3, -0.25) is 14.7 Å². The Kier molecular flexibility index (Phi) is 5.33. The van der Waals surface area contributed by atoms with Crippen LogP contribution < -0.4 is 5.32 Å². The van der Waals surface area contributed by atoms with Crippen LogP contribution in [0.2, 0.25) is 0 Å². The molecule has 2 heterocycles. The molecule has 152 valence electrons. The van der Waals surface area contributed by atoms with Gasteiger partial charge in [-0.25, -0.2) is 0 Å². The van der Waals surface area contributed by atoms with Crippen molar-refractivity contribution in [1.29, 1.82) is 0 Å². The van der Waals surface area contributed by atoms with Crippen molar-refractivity contribution in [1.82, 2.24) is 9.88 Å². The maximum Gasteiger partial charge on any atom is 0.255 e. The Labute approximate surface area is 178 Å². The van der Waals surface area contributed by atoms with Crippen molar-refractivity contribution in [2.24, 2.45) is 0 Å². The molecule has 1 fully saturated rings. The molecule has 1 N–H and O–H groups in total. The fraction of sp³-hybridized carbons (Fsp3) is 0.308. The molecule has 3 aromatic rings. The molecule has 2 aromatic carbocycles. The van der Waals surface area contributed by atoms with Gasteiger partial charge < -0.3 is 5.32 Å². The molecule has 1 aliphatic heterocycles. The lowest BCUT2D eigenvalue weighted by Crippen LogP contribution is -2.41. The minimum atomic E-state index is -0.0766. The third-order valence-electron chi connectivity index (χ3n) is 6.50. The predicted molar refractivity (Wildman–Crippen MR) is 121 cm³/mol. The Hall–Kier alpha value is -2.98. The number of rotatable bonds is 4. The Morgan fingerprint density at radius 3 is 2.43 bits per heavy atom. The molecule has 4 nitrogen and oxygen atoms in total. The highest BCUT2D eigenvalue weighted by atomic mass is 16.1. The van der Waals surface area contributed by atoms with Gasteiger partial charge in [0.15, 0.2) is 0 Å². The molecule has 0 atom stereocenters. The molecule has 0 bridgehead atoms. The zero-order valence-electron chi connectivity index (χ0n) is 17.2. The Morgan fingerprint density at radius 2 is 1.73 bits per heavy atom. The number of nitrogens with one attached hydrogen (secondary N) is 1. The van der Waals surface area contributed by atoms with Crippen molar-refractivity contribution in [2.75, 3.05) is 18.4 Å². The van der Waals surface area contributed by atoms with Crippen LogP contribution in [-0.4, -0.2) is 34.9 Å². The van der Waals surface area contributed by atoms with Crippen LogP contribution in [0.5, 0.6) is 0 Å². The molecule has 2 aliphatic rings. The number of benzene rings is 2. The summed E-state index contributed by atoms with van der Waals surface area (Å²) in [5.74, 6) is -0.0766. The minimum Gasteiger partial charge on any atom is -0.322 e. The van der Waals surface area contributed by atoms with Crippen LogP contribution in [0.25, 0.3) is 11.3 Å². The summed E-state index contributed by atoms with van der Waals surface area (Å²) in [6.07, 6.45) is 8.05. The lowest BCUT2D eigenvalue weighted by atomic mass is 9.91. The number of pyridine rings is 1. The van der Waals surface area contributed by atoms with Crippen LogP contribution in [0.15, 0.2) is 66.9 Å². The number of carbonyl (C=O) groups is 1. The Balaban J connectivity index is 1.26. The van der Waals surface area contributed by atoms with Crippen molar-refractivity contribution in [3.8, 4) is 11.3 Å². The molecule has 1 amide bonds. The molecule has 0 radical (unpaired) electrons. The Bertz CT molecular complexity index is 1030. The van der Waals surface area contributed by atoms with Gasteiger partial charge in [-0.2, -0.15) is 0 Å². The molecule has 1 aliphatic carbocycles. The standard InChI is InChI=1S/C26H27N3O/c30-26(21-9-7-20(8-10-21)25-6-1-2-15-27-25)28-23-12-11-19-13-16-29(24-4-3-5-24)17-14-22(19)18-23/h1-2,6-12,15,18,24H,3-5,13-14,16-17H2,(H,28,30). The molecule has 0 unspecified atom stereocenters. The van der Waals surface area contributed by atoms with Crippen LogP contribution >= 0.6 is 0 Å². The van der Waals surface area contributed by atoms with Gasteiger partial charge in [0.1, 0.15) is 0 Å². The number of fused-ring (bicyclic) bond motifs is 1. The highest BCUT2D eigenvalue weighted by Gasteiger charge is 2.26. The normalized spacial score (nSPS) is 16.9. The average Bonchev–Trinajstić information content (AvgIpc) is 2.96. The quantitative estimate of drug-likeness (QED) is 0.677. The molecule has 0 spiro atoms. The topological polar surface area (TPSA) is 45.2 Å². The predicted octanol–water partition coefficient (Wildman–Crippen LogP) is 4.95. The van der Waals surface area contributed by atoms with E-state index < -0.39 is 0 Å². The summed E-state index contributed by atoms with van der Waals surface area (Å²) in [7, 11) is 0. The maximum absolute atomic E-state index is 12.8. The summed E-state index contributed by atoms with van der Waals surface area (Å²) in [4.78, 5) is 19.8. The molecule has 30 heavy (non-hydrogen) atoms. The van der Waals surface area contributed by atoms with Crippen LogP contribution in [-0.2, 0) is 12.8 Å². The fourth-order valence-electron chi connectivity index (χ4n) is 4.47. The van der Waals surface area contributed by atoms with Gasteiger partial charge >= 0.3 is 0 Å². The first-order chi connectivity index (χ1) is 14.8. The van der Waals surface area contributed by atoms with Gasteiger partial charge in [0.2, 0.25) is 0 Å². The molecule has 0 saturated heterocycles. The van der Waals surface area contributed by atoms with E-state index in [0.717, 1.165) is 48.9 Å². The molecule has 4 heteroatoms. The van der Waals surface area contributed by atoms with Gasteiger partial charge in [0, 0.05) is 42.1 Å². The Morgan fingerprint density at radius 1 is 0.933 bits per heavy atom. The zero-order chi connectivity index (χ0) is 20.3. The van der Waals surface area contributed by atoms with E-state index in [4.69, 9.17) is 0 Å². The number of hydrogen-bond acceptors (Lipinski definition) is 3. The van der Waals surface area contributed by atoms with Gasteiger partial charge in [0.25, 0.3) is 5.91 Å². The summed E-state index contributed by atoms with van der Waals surface area (Å²) >= 11 is 0. The van der Waals surface area contributed by atoms with Crippen molar-refractivity contribution < 1.29 is 4.79 Å². The van der Waals surface area contributed by atoms with Crippen LogP contribution in [0.3, 0.4) is 0 Å². The lowest BCUT2D eigenvalue weighted by Gasteiger charge is -2.36. The lowest BCUT2D eigenvalue weighted by molar-refractivity contribution is 0.102. The summed E-state index contributed by atoms with van der Waals surface area (Å²) in [6.45, 7) is 2.29. The number of amides is 1. The number of nitrogens with zero attached hydrogens (tertiary/aromatic N) is 2. The maximum atomic E-state index is 12.8. The number of hydrogen-bond donors (Lipinski definition) is 1. The van der Waals surface area contributed by atoms with E-state index in [-0.39, 0.29) is 5.91 Å². The highest BCUT2D eigenvalue weighted by molar-refractivity contribution is 6.04. The first-order valence-electron chi connectivity index (χ1n) is 10.9.